The zero-order valence-corrected chi connectivity index (χ0v) is 16.1. The summed E-state index contributed by atoms with van der Waals surface area (Å²) in [5.74, 6) is 0.399. The van der Waals surface area contributed by atoms with Crippen LogP contribution in [0.15, 0.2) is 29.2 Å². The van der Waals surface area contributed by atoms with Crippen LogP contribution in [0.1, 0.15) is 26.2 Å². The molecule has 0 radical (unpaired) electrons. The van der Waals surface area contributed by atoms with E-state index in [0.29, 0.717) is 18.8 Å². The lowest BCUT2D eigenvalue weighted by Gasteiger charge is -2.37. The van der Waals surface area contributed by atoms with Crippen molar-refractivity contribution >= 4 is 35.2 Å². The van der Waals surface area contributed by atoms with Crippen molar-refractivity contribution in [1.29, 1.82) is 0 Å². The molecule has 3 rings (SSSR count). The molecular weight excluding hydrogens is 350 g/mol. The van der Waals surface area contributed by atoms with Gasteiger partial charge >= 0.3 is 0 Å². The van der Waals surface area contributed by atoms with Crippen LogP contribution in [0, 0.1) is 5.41 Å². The monoisotopic (exact) mass is 375 g/mol. The van der Waals surface area contributed by atoms with Gasteiger partial charge in [-0.25, -0.2) is 0 Å². The third kappa shape index (κ3) is 3.87. The van der Waals surface area contributed by atoms with E-state index in [2.05, 4.69) is 5.32 Å². The van der Waals surface area contributed by atoms with Crippen LogP contribution >= 0.6 is 11.8 Å². The van der Waals surface area contributed by atoms with E-state index in [0.717, 1.165) is 36.4 Å². The van der Waals surface area contributed by atoms with Gasteiger partial charge in [-0.2, -0.15) is 0 Å². The van der Waals surface area contributed by atoms with Crippen molar-refractivity contribution in [1.82, 2.24) is 9.80 Å². The Kier molecular flexibility index (Phi) is 5.55. The first-order chi connectivity index (χ1) is 12.4. The molecule has 2 aliphatic heterocycles. The summed E-state index contributed by atoms with van der Waals surface area (Å²) in [6.07, 6.45) is 2.64. The maximum Gasteiger partial charge on any atom is 0.232 e. The number of nitrogens with zero attached hydrogens (tertiary/aromatic N) is 2. The molecule has 0 bridgehead atoms. The number of carbonyl (C=O) groups excluding carboxylic acids is 3. The van der Waals surface area contributed by atoms with E-state index >= 15 is 0 Å². The van der Waals surface area contributed by atoms with Crippen LogP contribution in [0.2, 0.25) is 0 Å². The van der Waals surface area contributed by atoms with Gasteiger partial charge in [0, 0.05) is 38.5 Å². The average Bonchev–Trinajstić information content (AvgIpc) is 3.03. The molecule has 0 aromatic heterocycles. The number of rotatable bonds is 4. The fourth-order valence-electron chi connectivity index (χ4n) is 3.85. The summed E-state index contributed by atoms with van der Waals surface area (Å²) in [5, 5.41) is 2.79. The summed E-state index contributed by atoms with van der Waals surface area (Å²) in [7, 11) is 1.85. The highest BCUT2D eigenvalue weighted by atomic mass is 32.2. The molecule has 0 aliphatic carbocycles. The molecule has 1 N–H and O–H groups in total. The number of piperidine rings is 1. The average molecular weight is 375 g/mol. The van der Waals surface area contributed by atoms with Crippen LogP contribution in [0.5, 0.6) is 0 Å². The molecule has 26 heavy (non-hydrogen) atoms. The van der Waals surface area contributed by atoms with Crippen LogP contribution < -0.4 is 5.32 Å². The van der Waals surface area contributed by atoms with Gasteiger partial charge in [0.25, 0.3) is 0 Å². The van der Waals surface area contributed by atoms with Crippen molar-refractivity contribution in [3.8, 4) is 0 Å². The van der Waals surface area contributed by atoms with E-state index in [4.69, 9.17) is 0 Å². The van der Waals surface area contributed by atoms with E-state index in [1.807, 2.05) is 36.2 Å². The number of benzene rings is 1. The fraction of sp³-hybridized carbons (Fsp3) is 0.526. The van der Waals surface area contributed by atoms with Gasteiger partial charge in [0.15, 0.2) is 0 Å². The third-order valence-corrected chi connectivity index (χ3v) is 6.26. The molecule has 0 saturated carbocycles. The Labute approximate surface area is 158 Å². The molecule has 6 nitrogen and oxygen atoms in total. The van der Waals surface area contributed by atoms with Crippen LogP contribution in [0.25, 0.3) is 0 Å². The Morgan fingerprint density at radius 2 is 2.00 bits per heavy atom. The number of likely N-dealkylation sites (tertiary alicyclic amines) is 2. The molecule has 2 saturated heterocycles. The summed E-state index contributed by atoms with van der Waals surface area (Å²) >= 11 is 1.42. The summed E-state index contributed by atoms with van der Waals surface area (Å²) in [6, 6.07) is 7.47. The molecule has 2 aliphatic rings. The molecule has 1 unspecified atom stereocenters. The molecular formula is C19H25N3O3S. The van der Waals surface area contributed by atoms with Crippen molar-refractivity contribution in [2.45, 2.75) is 31.1 Å². The number of thioether (sulfide) groups is 1. The maximum absolute atomic E-state index is 12.7. The normalized spacial score (nSPS) is 22.8. The van der Waals surface area contributed by atoms with Crippen molar-refractivity contribution in [3.05, 3.63) is 24.3 Å². The largest absolute Gasteiger partial charge is 0.345 e. The van der Waals surface area contributed by atoms with Gasteiger partial charge in [-0.1, -0.05) is 12.1 Å². The number of hydrogen-bond donors (Lipinski definition) is 1. The van der Waals surface area contributed by atoms with Gasteiger partial charge in [-0.3, -0.25) is 14.4 Å². The molecule has 2 heterocycles. The van der Waals surface area contributed by atoms with E-state index in [1.165, 1.54) is 18.7 Å². The van der Waals surface area contributed by atoms with E-state index in [-0.39, 0.29) is 23.1 Å². The number of hydrogen-bond acceptors (Lipinski definition) is 4. The molecule has 1 aromatic rings. The first kappa shape index (κ1) is 18.8. The highest BCUT2D eigenvalue weighted by Gasteiger charge is 2.48. The highest BCUT2D eigenvalue weighted by molar-refractivity contribution is 8.00. The van der Waals surface area contributed by atoms with Crippen molar-refractivity contribution in [2.75, 3.05) is 37.8 Å². The molecule has 1 atom stereocenters. The number of anilines is 1. The number of amides is 3. The van der Waals surface area contributed by atoms with E-state index < -0.39 is 0 Å². The van der Waals surface area contributed by atoms with Gasteiger partial charge in [-0.15, -0.1) is 11.8 Å². The Hall–Kier alpha value is -2.02. The Morgan fingerprint density at radius 1 is 1.23 bits per heavy atom. The zero-order valence-electron chi connectivity index (χ0n) is 15.3. The van der Waals surface area contributed by atoms with Gasteiger partial charge in [0.1, 0.15) is 0 Å². The standard InChI is InChI=1S/C19H25N3O3S/c1-14(23)20-15-6-3-4-7-16(15)26-12-17(24)22-11-9-19(13-22)8-5-10-21(2)18(19)25/h3-4,6-7H,5,8-13H2,1-2H3,(H,20,23). The minimum absolute atomic E-state index is 0.0468. The van der Waals surface area contributed by atoms with Crippen LogP contribution in [0.4, 0.5) is 5.69 Å². The molecule has 3 amide bonds. The lowest BCUT2D eigenvalue weighted by atomic mass is 9.78. The van der Waals surface area contributed by atoms with E-state index in [1.54, 1.807) is 4.90 Å². The van der Waals surface area contributed by atoms with Gasteiger partial charge in [-0.05, 0) is 31.4 Å². The Morgan fingerprint density at radius 3 is 2.77 bits per heavy atom. The van der Waals surface area contributed by atoms with Gasteiger partial charge < -0.3 is 15.1 Å². The molecule has 7 heteroatoms. The summed E-state index contributed by atoms with van der Waals surface area (Å²) in [5.41, 5.74) is 0.348. The van der Waals surface area contributed by atoms with Crippen molar-refractivity contribution in [2.24, 2.45) is 5.41 Å². The SMILES string of the molecule is CC(=O)Nc1ccccc1SCC(=O)N1CCC2(CCCN(C)C2=O)C1. The lowest BCUT2D eigenvalue weighted by molar-refractivity contribution is -0.144. The predicted molar refractivity (Wildman–Crippen MR) is 102 cm³/mol. The fourth-order valence-corrected chi connectivity index (χ4v) is 4.76. The molecule has 1 spiro atoms. The van der Waals surface area contributed by atoms with Gasteiger partial charge in [0.2, 0.25) is 17.7 Å². The lowest BCUT2D eigenvalue weighted by Crippen LogP contribution is -2.48. The highest BCUT2D eigenvalue weighted by Crippen LogP contribution is 2.40. The van der Waals surface area contributed by atoms with Gasteiger partial charge in [0.05, 0.1) is 16.9 Å². The maximum atomic E-state index is 12.7. The predicted octanol–water partition coefficient (Wildman–Crippen LogP) is 2.21. The van der Waals surface area contributed by atoms with Crippen molar-refractivity contribution < 1.29 is 14.4 Å². The topological polar surface area (TPSA) is 69.7 Å². The van der Waals surface area contributed by atoms with Crippen LogP contribution in [0.3, 0.4) is 0 Å². The Balaban J connectivity index is 1.60. The zero-order chi connectivity index (χ0) is 18.7. The second-order valence-corrected chi connectivity index (χ2v) is 8.16. The van der Waals surface area contributed by atoms with E-state index in [9.17, 15) is 14.4 Å². The first-order valence-electron chi connectivity index (χ1n) is 8.94. The van der Waals surface area contributed by atoms with Crippen LogP contribution in [-0.4, -0.2) is 60.0 Å². The smallest absolute Gasteiger partial charge is 0.232 e. The second kappa shape index (κ2) is 7.70. The third-order valence-electron chi connectivity index (χ3n) is 5.20. The first-order valence-corrected chi connectivity index (χ1v) is 9.93. The van der Waals surface area contributed by atoms with Crippen molar-refractivity contribution in [3.63, 3.8) is 0 Å². The number of para-hydroxylation sites is 1. The van der Waals surface area contributed by atoms with Crippen LogP contribution in [-0.2, 0) is 14.4 Å². The minimum Gasteiger partial charge on any atom is -0.345 e. The summed E-state index contributed by atoms with van der Waals surface area (Å²) in [6.45, 7) is 3.45. The summed E-state index contributed by atoms with van der Waals surface area (Å²) < 4.78 is 0. The number of nitrogens with one attached hydrogen (secondary N) is 1. The second-order valence-electron chi connectivity index (χ2n) is 7.14. The Bertz CT molecular complexity index is 724. The number of carbonyl (C=O) groups is 3. The molecule has 1 aromatic carbocycles. The minimum atomic E-state index is -0.374. The quantitative estimate of drug-likeness (QED) is 0.819. The molecule has 2 fully saturated rings. The molecule has 140 valence electrons. The summed E-state index contributed by atoms with van der Waals surface area (Å²) in [4.78, 5) is 41.1.